The van der Waals surface area contributed by atoms with E-state index in [2.05, 4.69) is 10.6 Å². The predicted octanol–water partition coefficient (Wildman–Crippen LogP) is 3.28. The Balaban J connectivity index is 1.27. The smallest absolute Gasteiger partial charge is 0.220 e. The summed E-state index contributed by atoms with van der Waals surface area (Å²) >= 11 is 1.26. The second-order valence-corrected chi connectivity index (χ2v) is 10.5. The molecule has 0 spiro atoms. The normalized spacial score (nSPS) is 15.5. The van der Waals surface area contributed by atoms with Crippen molar-refractivity contribution in [1.82, 2.24) is 5.32 Å². The Kier molecular flexibility index (Phi) is 14.8. The topological polar surface area (TPSA) is 153 Å². The standard InChI is InChI=1S/C31H38N2O9S/c1-22(35)7-10-29(37)32-11-12-39-13-14-40-15-16-41-17-18-42-27-9-8-23(19-26(27)36)20-28-30(38)25(21-34)31(43-28)33-24-5-3-2-4-6-24/h2-6,8-9,19-21,30,33,36,38H,7,10-18H2,1H3,(H,32,37)/b28-20-. The number of hydrogen-bond acceptors (Lipinski definition) is 11. The van der Waals surface area contributed by atoms with Crippen LogP contribution in [0.4, 0.5) is 5.69 Å². The number of aromatic hydroxyl groups is 1. The van der Waals surface area contributed by atoms with Crippen LogP contribution in [0.5, 0.6) is 11.5 Å². The number of Topliss-reactive ketones (excluding diaryl/α,β-unsaturated/α-hetero) is 1. The van der Waals surface area contributed by atoms with Crippen LogP contribution in [0.15, 0.2) is 64.0 Å². The molecule has 43 heavy (non-hydrogen) atoms. The Bertz CT molecular complexity index is 1270. The number of nitrogens with one attached hydrogen (secondary N) is 2. The lowest BCUT2D eigenvalue weighted by molar-refractivity contribution is -0.124. The highest BCUT2D eigenvalue weighted by Gasteiger charge is 2.29. The number of anilines is 1. The summed E-state index contributed by atoms with van der Waals surface area (Å²) in [6.45, 7) is 4.25. The molecule has 0 bridgehead atoms. The first-order valence-electron chi connectivity index (χ1n) is 13.9. The summed E-state index contributed by atoms with van der Waals surface area (Å²) in [5.41, 5.74) is 1.70. The fourth-order valence-electron chi connectivity index (χ4n) is 3.79. The summed E-state index contributed by atoms with van der Waals surface area (Å²) in [5.74, 6) is 0.0601. The number of aldehydes is 1. The molecule has 1 aliphatic rings. The lowest BCUT2D eigenvalue weighted by Gasteiger charge is -2.10. The van der Waals surface area contributed by atoms with Crippen LogP contribution in [0.3, 0.4) is 0 Å². The average Bonchev–Trinajstić information content (AvgIpc) is 3.28. The minimum atomic E-state index is -1.07. The quantitative estimate of drug-likeness (QED) is 0.128. The molecular weight excluding hydrogens is 576 g/mol. The van der Waals surface area contributed by atoms with E-state index in [4.69, 9.17) is 18.9 Å². The SMILES string of the molecule is CC(=O)CCC(=O)NCCOCCOCCOCCOc1ccc(/C=C2\SC(Nc3ccccc3)=C(C=O)C2O)cc1O. The van der Waals surface area contributed by atoms with Crippen molar-refractivity contribution >= 4 is 41.5 Å². The van der Waals surface area contributed by atoms with E-state index in [0.29, 0.717) is 73.7 Å². The Hall–Kier alpha value is -3.68. The Morgan fingerprint density at radius 3 is 2.26 bits per heavy atom. The molecule has 1 heterocycles. The minimum Gasteiger partial charge on any atom is -0.504 e. The number of ketones is 1. The van der Waals surface area contributed by atoms with Gasteiger partial charge in [0.05, 0.1) is 50.2 Å². The van der Waals surface area contributed by atoms with Crippen LogP contribution in [0.1, 0.15) is 25.3 Å². The van der Waals surface area contributed by atoms with Gasteiger partial charge in [-0.1, -0.05) is 36.0 Å². The van der Waals surface area contributed by atoms with Crippen molar-refractivity contribution in [3.8, 4) is 11.5 Å². The molecular formula is C31H38N2O9S. The highest BCUT2D eigenvalue weighted by atomic mass is 32.2. The zero-order chi connectivity index (χ0) is 30.9. The van der Waals surface area contributed by atoms with Gasteiger partial charge in [0.25, 0.3) is 0 Å². The number of para-hydroxylation sites is 1. The van der Waals surface area contributed by atoms with Gasteiger partial charge in [0.1, 0.15) is 18.5 Å². The maximum Gasteiger partial charge on any atom is 0.220 e. The van der Waals surface area contributed by atoms with Gasteiger partial charge in [-0.15, -0.1) is 0 Å². The summed E-state index contributed by atoms with van der Waals surface area (Å²) in [6.07, 6.45) is 1.73. The first kappa shape index (κ1) is 33.8. The molecule has 232 valence electrons. The van der Waals surface area contributed by atoms with Gasteiger partial charge < -0.3 is 44.6 Å². The van der Waals surface area contributed by atoms with Crippen LogP contribution in [0.2, 0.25) is 0 Å². The first-order chi connectivity index (χ1) is 20.9. The number of carbonyl (C=O) groups excluding carboxylic acids is 3. The first-order valence-corrected chi connectivity index (χ1v) is 14.7. The van der Waals surface area contributed by atoms with E-state index in [9.17, 15) is 24.6 Å². The predicted molar refractivity (Wildman–Crippen MR) is 164 cm³/mol. The van der Waals surface area contributed by atoms with Gasteiger partial charge in [0.2, 0.25) is 5.91 Å². The maximum absolute atomic E-state index is 11.6. The third-order valence-electron chi connectivity index (χ3n) is 6.00. The van der Waals surface area contributed by atoms with Crippen molar-refractivity contribution < 1.29 is 43.5 Å². The van der Waals surface area contributed by atoms with Crippen molar-refractivity contribution in [2.24, 2.45) is 0 Å². The van der Waals surface area contributed by atoms with Crippen LogP contribution in [-0.4, -0.2) is 87.1 Å². The molecule has 0 aromatic heterocycles. The van der Waals surface area contributed by atoms with Gasteiger partial charge in [-0.3, -0.25) is 9.59 Å². The van der Waals surface area contributed by atoms with E-state index in [1.807, 2.05) is 30.3 Å². The molecule has 0 fully saturated rings. The summed E-state index contributed by atoms with van der Waals surface area (Å²) < 4.78 is 21.9. The average molecular weight is 615 g/mol. The molecule has 1 aliphatic heterocycles. The molecule has 0 radical (unpaired) electrons. The van der Waals surface area contributed by atoms with Gasteiger partial charge in [0, 0.05) is 30.0 Å². The van der Waals surface area contributed by atoms with Crippen LogP contribution in [0, 0.1) is 0 Å². The molecule has 3 rings (SSSR count). The molecule has 0 aliphatic carbocycles. The second-order valence-electron chi connectivity index (χ2n) is 9.41. The molecule has 2 aromatic rings. The molecule has 1 amide bonds. The number of phenolic OH excluding ortho intramolecular Hbond substituents is 1. The van der Waals surface area contributed by atoms with Crippen LogP contribution in [0.25, 0.3) is 6.08 Å². The lowest BCUT2D eigenvalue weighted by Crippen LogP contribution is -2.27. The Morgan fingerprint density at radius 1 is 0.930 bits per heavy atom. The van der Waals surface area contributed by atoms with Crippen molar-refractivity contribution in [3.05, 3.63) is 69.6 Å². The molecule has 4 N–H and O–H groups in total. The maximum atomic E-state index is 11.6. The number of rotatable bonds is 20. The molecule has 0 saturated heterocycles. The third kappa shape index (κ3) is 12.2. The van der Waals surface area contributed by atoms with E-state index in [1.165, 1.54) is 24.8 Å². The summed E-state index contributed by atoms with van der Waals surface area (Å²) in [4.78, 5) is 34.5. The number of benzene rings is 2. The summed E-state index contributed by atoms with van der Waals surface area (Å²) in [5, 5.41) is 27.5. The van der Waals surface area contributed by atoms with Crippen molar-refractivity contribution in [2.75, 3.05) is 58.1 Å². The third-order valence-corrected chi connectivity index (χ3v) is 7.12. The van der Waals surface area contributed by atoms with E-state index < -0.39 is 6.10 Å². The van der Waals surface area contributed by atoms with Gasteiger partial charge in [0.15, 0.2) is 17.8 Å². The van der Waals surface area contributed by atoms with Crippen LogP contribution >= 0.6 is 11.8 Å². The molecule has 11 nitrogen and oxygen atoms in total. The summed E-state index contributed by atoms with van der Waals surface area (Å²) in [6, 6.07) is 14.3. The van der Waals surface area contributed by atoms with Gasteiger partial charge in [-0.25, -0.2) is 0 Å². The number of ether oxygens (including phenoxy) is 4. The van der Waals surface area contributed by atoms with Crippen molar-refractivity contribution in [2.45, 2.75) is 25.9 Å². The monoisotopic (exact) mass is 614 g/mol. The number of thioether (sulfide) groups is 1. The Labute approximate surface area is 255 Å². The lowest BCUT2D eigenvalue weighted by atomic mass is 10.1. The summed E-state index contributed by atoms with van der Waals surface area (Å²) in [7, 11) is 0. The highest BCUT2D eigenvalue weighted by molar-refractivity contribution is 8.07. The van der Waals surface area contributed by atoms with Crippen molar-refractivity contribution in [1.29, 1.82) is 0 Å². The number of phenols is 1. The van der Waals surface area contributed by atoms with Crippen LogP contribution in [-0.2, 0) is 28.6 Å². The second kappa shape index (κ2) is 18.8. The van der Waals surface area contributed by atoms with E-state index in [-0.39, 0.29) is 42.5 Å². The molecule has 12 heteroatoms. The van der Waals surface area contributed by atoms with Gasteiger partial charge >= 0.3 is 0 Å². The zero-order valence-electron chi connectivity index (χ0n) is 24.1. The molecule has 0 saturated carbocycles. The fraction of sp³-hybridized carbons (Fsp3) is 0.387. The van der Waals surface area contributed by atoms with Gasteiger partial charge in [-0.05, 0) is 42.8 Å². The molecule has 1 atom stereocenters. The van der Waals surface area contributed by atoms with E-state index in [0.717, 1.165) is 5.69 Å². The number of aliphatic hydroxyl groups excluding tert-OH is 1. The Morgan fingerprint density at radius 2 is 1.60 bits per heavy atom. The number of amides is 1. The highest BCUT2D eigenvalue weighted by Crippen LogP contribution is 2.42. The largest absolute Gasteiger partial charge is 0.504 e. The fourth-order valence-corrected chi connectivity index (χ4v) is 4.91. The van der Waals surface area contributed by atoms with Crippen molar-refractivity contribution in [3.63, 3.8) is 0 Å². The van der Waals surface area contributed by atoms with Crippen LogP contribution < -0.4 is 15.4 Å². The molecule has 1 unspecified atom stereocenters. The van der Waals surface area contributed by atoms with E-state index >= 15 is 0 Å². The number of hydrogen-bond donors (Lipinski definition) is 4. The minimum absolute atomic E-state index is 0.0125. The zero-order valence-corrected chi connectivity index (χ0v) is 24.9. The number of aliphatic hydroxyl groups is 1. The molecule has 2 aromatic carbocycles. The van der Waals surface area contributed by atoms with E-state index in [1.54, 1.807) is 18.2 Å². The van der Waals surface area contributed by atoms with Gasteiger partial charge in [-0.2, -0.15) is 0 Å². The number of carbonyl (C=O) groups is 3.